The Morgan fingerprint density at radius 2 is 2.19 bits per heavy atom. The Morgan fingerprint density at radius 3 is 2.90 bits per heavy atom. The minimum atomic E-state index is 0.370. The Labute approximate surface area is 131 Å². The zero-order valence-electron chi connectivity index (χ0n) is 12.8. The highest BCUT2D eigenvalue weighted by Crippen LogP contribution is 2.22. The first-order valence-electron chi connectivity index (χ1n) is 7.40. The summed E-state index contributed by atoms with van der Waals surface area (Å²) in [6.45, 7) is 7.88. The van der Waals surface area contributed by atoms with Crippen LogP contribution in [0, 0.1) is 0 Å². The number of guanidine groups is 1. The summed E-state index contributed by atoms with van der Waals surface area (Å²) in [5, 5.41) is 8.51. The lowest BCUT2D eigenvalue weighted by Crippen LogP contribution is -2.41. The van der Waals surface area contributed by atoms with Gasteiger partial charge < -0.3 is 15.6 Å². The molecule has 0 fully saturated rings. The third-order valence-electron chi connectivity index (χ3n) is 3.15. The van der Waals surface area contributed by atoms with Gasteiger partial charge in [0.05, 0.1) is 0 Å². The van der Waals surface area contributed by atoms with E-state index in [2.05, 4.69) is 41.4 Å². The quantitative estimate of drug-likeness (QED) is 0.586. The fourth-order valence-corrected chi connectivity index (χ4v) is 2.41. The van der Waals surface area contributed by atoms with Crippen LogP contribution < -0.4 is 10.6 Å². The number of nitrogens with zero attached hydrogens (tertiary/aromatic N) is 1. The largest absolute Gasteiger partial charge is 0.361 e. The van der Waals surface area contributed by atoms with Gasteiger partial charge in [-0.1, -0.05) is 11.6 Å². The van der Waals surface area contributed by atoms with Crippen molar-refractivity contribution in [1.82, 2.24) is 15.6 Å². The molecule has 3 N–H and O–H groups in total. The van der Waals surface area contributed by atoms with Crippen molar-refractivity contribution < 1.29 is 0 Å². The average Bonchev–Trinajstić information content (AvgIpc) is 2.81. The number of fused-ring (bicyclic) bond motifs is 1. The molecule has 2 rings (SSSR count). The summed E-state index contributed by atoms with van der Waals surface area (Å²) >= 11 is 6.07. The molecule has 0 aliphatic carbocycles. The van der Waals surface area contributed by atoms with Crippen molar-refractivity contribution in [3.8, 4) is 0 Å². The van der Waals surface area contributed by atoms with E-state index >= 15 is 0 Å². The number of rotatable bonds is 5. The Balaban J connectivity index is 2.04. The maximum absolute atomic E-state index is 6.07. The number of aromatic nitrogens is 1. The molecule has 0 aliphatic rings. The fraction of sp³-hybridized carbons (Fsp3) is 0.438. The fourth-order valence-electron chi connectivity index (χ4n) is 2.24. The number of aromatic amines is 1. The van der Waals surface area contributed by atoms with Crippen molar-refractivity contribution in [2.75, 3.05) is 13.1 Å². The monoisotopic (exact) mass is 306 g/mol. The zero-order chi connectivity index (χ0) is 15.2. The molecule has 0 unspecified atom stereocenters. The molecule has 0 atom stereocenters. The second kappa shape index (κ2) is 7.36. The van der Waals surface area contributed by atoms with Crippen LogP contribution in [0.5, 0.6) is 0 Å². The Hall–Kier alpha value is -1.68. The molecule has 0 aliphatic heterocycles. The van der Waals surface area contributed by atoms with E-state index in [1.807, 2.05) is 24.4 Å². The maximum atomic E-state index is 6.07. The van der Waals surface area contributed by atoms with E-state index in [1.54, 1.807) is 0 Å². The summed E-state index contributed by atoms with van der Waals surface area (Å²) in [5.41, 5.74) is 2.36. The lowest BCUT2D eigenvalue weighted by molar-refractivity contribution is 0.700. The maximum Gasteiger partial charge on any atom is 0.191 e. The van der Waals surface area contributed by atoms with E-state index in [9.17, 15) is 0 Å². The van der Waals surface area contributed by atoms with Crippen LogP contribution >= 0.6 is 11.6 Å². The second-order valence-electron chi connectivity index (χ2n) is 5.31. The third-order valence-corrected chi connectivity index (χ3v) is 3.39. The van der Waals surface area contributed by atoms with Gasteiger partial charge in [-0.2, -0.15) is 0 Å². The zero-order valence-corrected chi connectivity index (χ0v) is 13.6. The highest BCUT2D eigenvalue weighted by molar-refractivity contribution is 6.31. The van der Waals surface area contributed by atoms with Crippen molar-refractivity contribution in [2.45, 2.75) is 33.2 Å². The van der Waals surface area contributed by atoms with Crippen LogP contribution in [-0.4, -0.2) is 30.1 Å². The number of hydrogen-bond donors (Lipinski definition) is 3. The van der Waals surface area contributed by atoms with Crippen LogP contribution in [-0.2, 0) is 6.42 Å². The molecule has 0 bridgehead atoms. The molecule has 5 heteroatoms. The van der Waals surface area contributed by atoms with Crippen molar-refractivity contribution in [3.63, 3.8) is 0 Å². The molecule has 4 nitrogen and oxygen atoms in total. The smallest absolute Gasteiger partial charge is 0.191 e. The number of hydrogen-bond acceptors (Lipinski definition) is 1. The summed E-state index contributed by atoms with van der Waals surface area (Å²) in [4.78, 5) is 7.88. The minimum absolute atomic E-state index is 0.370. The molecule has 0 saturated heterocycles. The Morgan fingerprint density at radius 1 is 1.38 bits per heavy atom. The molecular formula is C16H23ClN4. The first kappa shape index (κ1) is 15.7. The number of halogens is 1. The van der Waals surface area contributed by atoms with Crippen LogP contribution in [0.3, 0.4) is 0 Å². The van der Waals surface area contributed by atoms with Gasteiger partial charge >= 0.3 is 0 Å². The van der Waals surface area contributed by atoms with Crippen molar-refractivity contribution in [3.05, 3.63) is 35.0 Å². The van der Waals surface area contributed by atoms with Gasteiger partial charge in [0.15, 0.2) is 5.96 Å². The van der Waals surface area contributed by atoms with Crippen molar-refractivity contribution in [2.24, 2.45) is 4.99 Å². The summed E-state index contributed by atoms with van der Waals surface area (Å²) in [6.07, 6.45) is 2.92. The van der Waals surface area contributed by atoms with Gasteiger partial charge in [0, 0.05) is 41.3 Å². The van der Waals surface area contributed by atoms with Gasteiger partial charge in [-0.05, 0) is 51.0 Å². The van der Waals surface area contributed by atoms with Gasteiger partial charge in [0.25, 0.3) is 0 Å². The number of benzene rings is 1. The Bertz CT molecular complexity index is 616. The van der Waals surface area contributed by atoms with Gasteiger partial charge in [-0.15, -0.1) is 0 Å². The summed E-state index contributed by atoms with van der Waals surface area (Å²) in [5.74, 6) is 0.866. The minimum Gasteiger partial charge on any atom is -0.361 e. The first-order chi connectivity index (χ1) is 10.1. The van der Waals surface area contributed by atoms with Gasteiger partial charge in [-0.3, -0.25) is 4.99 Å². The van der Waals surface area contributed by atoms with Crippen LogP contribution in [0.4, 0.5) is 0 Å². The number of H-pyrrole nitrogens is 1. The van der Waals surface area contributed by atoms with E-state index in [1.165, 1.54) is 10.9 Å². The first-order valence-corrected chi connectivity index (χ1v) is 7.78. The lowest BCUT2D eigenvalue weighted by Gasteiger charge is -2.13. The normalized spacial score (nSPS) is 12.1. The Kier molecular flexibility index (Phi) is 5.51. The molecular weight excluding hydrogens is 284 g/mol. The highest BCUT2D eigenvalue weighted by Gasteiger charge is 2.04. The lowest BCUT2D eigenvalue weighted by atomic mass is 10.1. The molecule has 1 heterocycles. The highest BCUT2D eigenvalue weighted by atomic mass is 35.5. The molecule has 21 heavy (non-hydrogen) atoms. The number of aliphatic imine (C=N–C) groups is 1. The third kappa shape index (κ3) is 4.39. The van der Waals surface area contributed by atoms with E-state index in [-0.39, 0.29) is 0 Å². The van der Waals surface area contributed by atoms with E-state index < -0.39 is 0 Å². The standard InChI is InChI=1S/C16H23ClN4/c1-4-18-16(21-11(2)3)19-8-7-12-10-20-15-6-5-13(17)9-14(12)15/h5-6,9-11,20H,4,7-8H2,1-3H3,(H2,18,19,21). The summed E-state index contributed by atoms with van der Waals surface area (Å²) in [7, 11) is 0. The van der Waals surface area contributed by atoms with Crippen LogP contribution in [0.2, 0.25) is 5.02 Å². The topological polar surface area (TPSA) is 52.2 Å². The molecule has 0 saturated carbocycles. The van der Waals surface area contributed by atoms with Crippen molar-refractivity contribution in [1.29, 1.82) is 0 Å². The van der Waals surface area contributed by atoms with Crippen molar-refractivity contribution >= 4 is 28.5 Å². The van der Waals surface area contributed by atoms with Crippen LogP contribution in [0.1, 0.15) is 26.3 Å². The molecule has 1 aromatic carbocycles. The average molecular weight is 307 g/mol. The van der Waals surface area contributed by atoms with E-state index in [0.29, 0.717) is 6.04 Å². The van der Waals surface area contributed by atoms with Gasteiger partial charge in [-0.25, -0.2) is 0 Å². The van der Waals surface area contributed by atoms with Gasteiger partial charge in [0.2, 0.25) is 0 Å². The van der Waals surface area contributed by atoms with E-state index in [4.69, 9.17) is 11.6 Å². The van der Waals surface area contributed by atoms with Crippen LogP contribution in [0.15, 0.2) is 29.4 Å². The predicted octanol–water partition coefficient (Wildman–Crippen LogP) is 3.33. The SMILES string of the molecule is CCNC(=NCCc1c[nH]c2ccc(Cl)cc12)NC(C)C. The molecule has 0 radical (unpaired) electrons. The van der Waals surface area contributed by atoms with Gasteiger partial charge in [0.1, 0.15) is 0 Å². The molecule has 0 amide bonds. The van der Waals surface area contributed by atoms with E-state index in [0.717, 1.165) is 36.0 Å². The molecule has 2 aromatic rings. The predicted molar refractivity (Wildman–Crippen MR) is 91.3 cm³/mol. The summed E-state index contributed by atoms with van der Waals surface area (Å²) < 4.78 is 0. The number of nitrogens with one attached hydrogen (secondary N) is 3. The van der Waals surface area contributed by atoms with Crippen LogP contribution in [0.25, 0.3) is 10.9 Å². The molecule has 114 valence electrons. The summed E-state index contributed by atoms with van der Waals surface area (Å²) in [6, 6.07) is 6.28. The molecule has 0 spiro atoms. The second-order valence-corrected chi connectivity index (χ2v) is 5.75. The molecule has 1 aromatic heterocycles.